The molecule has 0 aliphatic heterocycles. The average molecular weight is 316 g/mol. The topological polar surface area (TPSA) is 66.6 Å². The van der Waals surface area contributed by atoms with Gasteiger partial charge in [-0.25, -0.2) is 4.79 Å². The van der Waals surface area contributed by atoms with E-state index in [4.69, 9.17) is 5.73 Å². The van der Waals surface area contributed by atoms with Gasteiger partial charge in [0.25, 0.3) is 0 Å². The quantitative estimate of drug-likeness (QED) is 0.800. The first-order valence-electron chi connectivity index (χ1n) is 8.34. The first kappa shape index (κ1) is 17.5. The highest BCUT2D eigenvalue weighted by Gasteiger charge is 2.33. The van der Waals surface area contributed by atoms with Crippen molar-refractivity contribution in [3.8, 4) is 0 Å². The van der Waals surface area contributed by atoms with Gasteiger partial charge in [-0.2, -0.15) is 0 Å². The summed E-state index contributed by atoms with van der Waals surface area (Å²) in [5.74, 6) is 0. The molecule has 2 atom stereocenters. The van der Waals surface area contributed by atoms with Crippen LogP contribution in [-0.4, -0.2) is 23.3 Å². The third-order valence-electron chi connectivity index (χ3n) is 4.47. The SMILES string of the molecule is CC(C)(C)c1ccccc1N(C(=O)O)C1CCC=CCCC1N. The molecular formula is C19H28N2O2. The minimum absolute atomic E-state index is 0.129. The summed E-state index contributed by atoms with van der Waals surface area (Å²) in [4.78, 5) is 13.6. The number of para-hydroxylation sites is 1. The third-order valence-corrected chi connectivity index (χ3v) is 4.47. The first-order chi connectivity index (χ1) is 10.8. The number of nitrogens with two attached hydrogens (primary N) is 1. The number of rotatable bonds is 2. The predicted octanol–water partition coefficient (Wildman–Crippen LogP) is 4.29. The Morgan fingerprint density at radius 3 is 2.39 bits per heavy atom. The largest absolute Gasteiger partial charge is 0.465 e. The highest BCUT2D eigenvalue weighted by atomic mass is 16.4. The summed E-state index contributed by atoms with van der Waals surface area (Å²) in [6, 6.07) is 7.43. The molecule has 1 amide bonds. The van der Waals surface area contributed by atoms with Crippen molar-refractivity contribution in [3.63, 3.8) is 0 Å². The Kier molecular flexibility index (Phi) is 5.47. The maximum Gasteiger partial charge on any atom is 0.412 e. The van der Waals surface area contributed by atoms with Crippen LogP contribution in [0.3, 0.4) is 0 Å². The van der Waals surface area contributed by atoms with Crippen LogP contribution < -0.4 is 10.6 Å². The Morgan fingerprint density at radius 1 is 1.17 bits per heavy atom. The second-order valence-corrected chi connectivity index (χ2v) is 7.28. The molecule has 0 saturated carbocycles. The fourth-order valence-corrected chi connectivity index (χ4v) is 3.26. The van der Waals surface area contributed by atoms with Crippen LogP contribution in [0, 0.1) is 0 Å². The third kappa shape index (κ3) is 4.14. The van der Waals surface area contributed by atoms with E-state index >= 15 is 0 Å². The van der Waals surface area contributed by atoms with Crippen LogP contribution in [0.5, 0.6) is 0 Å². The molecule has 0 saturated heterocycles. The van der Waals surface area contributed by atoms with E-state index in [0.29, 0.717) is 0 Å². The van der Waals surface area contributed by atoms with E-state index in [0.717, 1.165) is 36.9 Å². The minimum atomic E-state index is -0.924. The first-order valence-corrected chi connectivity index (χ1v) is 8.34. The van der Waals surface area contributed by atoms with Gasteiger partial charge in [0.1, 0.15) is 0 Å². The van der Waals surface area contributed by atoms with Crippen molar-refractivity contribution < 1.29 is 9.90 Å². The average Bonchev–Trinajstić information content (AvgIpc) is 2.46. The highest BCUT2D eigenvalue weighted by Crippen LogP contribution is 2.34. The minimum Gasteiger partial charge on any atom is -0.465 e. The Balaban J connectivity index is 2.47. The second-order valence-electron chi connectivity index (χ2n) is 7.28. The van der Waals surface area contributed by atoms with Gasteiger partial charge in [0.2, 0.25) is 0 Å². The molecular weight excluding hydrogens is 288 g/mol. The molecule has 0 bridgehead atoms. The lowest BCUT2D eigenvalue weighted by Crippen LogP contribution is -2.51. The van der Waals surface area contributed by atoms with Gasteiger partial charge in [-0.15, -0.1) is 0 Å². The maximum atomic E-state index is 12.1. The van der Waals surface area contributed by atoms with Crippen molar-refractivity contribution in [1.82, 2.24) is 0 Å². The van der Waals surface area contributed by atoms with Crippen molar-refractivity contribution in [3.05, 3.63) is 42.0 Å². The molecule has 4 nitrogen and oxygen atoms in total. The van der Waals surface area contributed by atoms with Gasteiger partial charge >= 0.3 is 6.09 Å². The van der Waals surface area contributed by atoms with E-state index in [9.17, 15) is 9.90 Å². The molecule has 0 spiro atoms. The van der Waals surface area contributed by atoms with E-state index in [2.05, 4.69) is 32.9 Å². The monoisotopic (exact) mass is 316 g/mol. The van der Waals surface area contributed by atoms with Gasteiger partial charge in [0, 0.05) is 6.04 Å². The summed E-state index contributed by atoms with van der Waals surface area (Å²) in [6.45, 7) is 6.31. The second kappa shape index (κ2) is 7.18. The lowest BCUT2D eigenvalue weighted by atomic mass is 9.84. The van der Waals surface area contributed by atoms with E-state index in [1.54, 1.807) is 0 Å². The smallest absolute Gasteiger partial charge is 0.412 e. The number of amides is 1. The number of carboxylic acid groups (broad SMARTS) is 1. The van der Waals surface area contributed by atoms with Crippen molar-refractivity contribution in [1.29, 1.82) is 0 Å². The van der Waals surface area contributed by atoms with Crippen LogP contribution >= 0.6 is 0 Å². The highest BCUT2D eigenvalue weighted by molar-refractivity contribution is 5.88. The Morgan fingerprint density at radius 2 is 1.78 bits per heavy atom. The van der Waals surface area contributed by atoms with E-state index in [1.165, 1.54) is 4.90 Å². The van der Waals surface area contributed by atoms with Gasteiger partial charge in [0.15, 0.2) is 0 Å². The maximum absolute atomic E-state index is 12.1. The van der Waals surface area contributed by atoms with Gasteiger partial charge in [-0.3, -0.25) is 4.90 Å². The van der Waals surface area contributed by atoms with Crippen molar-refractivity contribution >= 4 is 11.8 Å². The van der Waals surface area contributed by atoms with Crippen LogP contribution in [0.25, 0.3) is 0 Å². The molecule has 3 N–H and O–H groups in total. The van der Waals surface area contributed by atoms with Crippen molar-refractivity contribution in [2.75, 3.05) is 4.90 Å². The zero-order valence-electron chi connectivity index (χ0n) is 14.3. The summed E-state index contributed by atoms with van der Waals surface area (Å²) in [7, 11) is 0. The molecule has 1 aromatic rings. The van der Waals surface area contributed by atoms with Crippen LogP contribution in [0.15, 0.2) is 36.4 Å². The summed E-state index contributed by atoms with van der Waals surface area (Å²) in [5, 5.41) is 9.90. The van der Waals surface area contributed by atoms with Crippen molar-refractivity contribution in [2.45, 2.75) is 64.0 Å². The molecule has 1 aliphatic rings. The van der Waals surface area contributed by atoms with Crippen molar-refractivity contribution in [2.24, 2.45) is 5.73 Å². The molecule has 2 unspecified atom stereocenters. The fourth-order valence-electron chi connectivity index (χ4n) is 3.26. The zero-order valence-corrected chi connectivity index (χ0v) is 14.3. The molecule has 1 aromatic carbocycles. The molecule has 2 rings (SSSR count). The van der Waals surface area contributed by atoms with E-state index in [1.807, 2.05) is 24.3 Å². The number of nitrogens with zero attached hydrogens (tertiary/aromatic N) is 1. The number of anilines is 1. The molecule has 23 heavy (non-hydrogen) atoms. The predicted molar refractivity (Wildman–Crippen MR) is 95.0 cm³/mol. The zero-order chi connectivity index (χ0) is 17.0. The molecule has 4 heteroatoms. The Hall–Kier alpha value is -1.81. The van der Waals surface area contributed by atoms with Gasteiger partial charge in [-0.05, 0) is 42.7 Å². The lowest BCUT2D eigenvalue weighted by Gasteiger charge is -2.37. The Bertz CT molecular complexity index is 575. The summed E-state index contributed by atoms with van der Waals surface area (Å²) < 4.78 is 0. The lowest BCUT2D eigenvalue weighted by molar-refractivity contribution is 0.196. The normalized spacial score (nSPS) is 22.3. The molecule has 0 radical (unpaired) electrons. The molecule has 0 aromatic heterocycles. The molecule has 1 aliphatic carbocycles. The molecule has 0 heterocycles. The fraction of sp³-hybridized carbons (Fsp3) is 0.526. The number of hydrogen-bond donors (Lipinski definition) is 2. The number of benzene rings is 1. The molecule has 0 fully saturated rings. The van der Waals surface area contributed by atoms with Gasteiger partial charge in [0.05, 0.1) is 11.7 Å². The summed E-state index contributed by atoms with van der Waals surface area (Å²) in [5.41, 5.74) is 8.01. The van der Waals surface area contributed by atoms with Crippen LogP contribution in [-0.2, 0) is 5.41 Å². The van der Waals surface area contributed by atoms with E-state index in [-0.39, 0.29) is 17.5 Å². The van der Waals surface area contributed by atoms with Gasteiger partial charge in [-0.1, -0.05) is 51.1 Å². The number of carbonyl (C=O) groups is 1. The molecule has 126 valence electrons. The Labute approximate surface area is 139 Å². The van der Waals surface area contributed by atoms with Crippen LogP contribution in [0.4, 0.5) is 10.5 Å². The van der Waals surface area contributed by atoms with Crippen LogP contribution in [0.1, 0.15) is 52.0 Å². The van der Waals surface area contributed by atoms with Crippen LogP contribution in [0.2, 0.25) is 0 Å². The van der Waals surface area contributed by atoms with E-state index < -0.39 is 6.09 Å². The van der Waals surface area contributed by atoms with Gasteiger partial charge < -0.3 is 10.8 Å². The number of allylic oxidation sites excluding steroid dienone is 2. The standard InChI is InChI=1S/C19H28N2O2/c1-19(2,3)14-10-8-9-12-16(14)21(18(22)23)17-13-7-5-4-6-11-15(17)20/h4-5,8-10,12,15,17H,6-7,11,13,20H2,1-3H3,(H,22,23). The number of hydrogen-bond acceptors (Lipinski definition) is 2. The summed E-state index contributed by atoms with van der Waals surface area (Å²) in [6.07, 6.45) is 6.68. The summed E-state index contributed by atoms with van der Waals surface area (Å²) >= 11 is 0.